The number of hydrogen-bond acceptors (Lipinski definition) is 8. The van der Waals surface area contributed by atoms with Crippen LogP contribution < -0.4 is 10.5 Å². The van der Waals surface area contributed by atoms with E-state index in [2.05, 4.69) is 9.55 Å². The van der Waals surface area contributed by atoms with Crippen molar-refractivity contribution in [3.8, 4) is 16.1 Å². The van der Waals surface area contributed by atoms with Gasteiger partial charge < -0.3 is 14.2 Å². The number of nitrogens with zero attached hydrogens (tertiary/aromatic N) is 5. The third-order valence-corrected chi connectivity index (χ3v) is 7.10. The molecule has 0 saturated carbocycles. The average Bonchev–Trinajstić information content (AvgIpc) is 3.46. The number of rotatable bonds is 7. The van der Waals surface area contributed by atoms with Crippen LogP contribution in [0.2, 0.25) is 5.02 Å². The van der Waals surface area contributed by atoms with Gasteiger partial charge in [0.15, 0.2) is 0 Å². The molecule has 0 spiro atoms. The van der Waals surface area contributed by atoms with E-state index in [0.717, 1.165) is 46.1 Å². The molecule has 13 heteroatoms. The van der Waals surface area contributed by atoms with Gasteiger partial charge in [-0.15, -0.1) is 11.3 Å². The van der Waals surface area contributed by atoms with Crippen LogP contribution >= 0.6 is 22.9 Å². The number of anilines is 1. The predicted octanol–water partition coefficient (Wildman–Crippen LogP) is 4.72. The van der Waals surface area contributed by atoms with E-state index in [9.17, 15) is 13.2 Å². The SMILES string of the molecule is COCCCn1c(N(C)C)nc2cc(-n3cnc4cc(-c5ccc(Cl)cc5)sc4c3=O)ccc21.CS(=O)(=O)O. The molecule has 0 aliphatic rings. The first-order valence-corrected chi connectivity index (χ1v) is 14.9. The number of imidazole rings is 1. The van der Waals surface area contributed by atoms with Crippen LogP contribution in [-0.2, 0) is 21.4 Å². The van der Waals surface area contributed by atoms with Crippen LogP contribution in [0.3, 0.4) is 0 Å². The third kappa shape index (κ3) is 6.84. The van der Waals surface area contributed by atoms with E-state index < -0.39 is 10.1 Å². The molecule has 0 aliphatic carbocycles. The van der Waals surface area contributed by atoms with E-state index >= 15 is 0 Å². The van der Waals surface area contributed by atoms with Crippen LogP contribution in [0.15, 0.2) is 59.7 Å². The molecule has 0 saturated heterocycles. The maximum absolute atomic E-state index is 13.4. The Morgan fingerprint density at radius 3 is 2.44 bits per heavy atom. The van der Waals surface area contributed by atoms with E-state index in [4.69, 9.17) is 25.9 Å². The number of hydrogen-bond donors (Lipinski definition) is 1. The molecule has 3 aromatic heterocycles. The molecule has 0 aliphatic heterocycles. The molecule has 2 aromatic carbocycles. The van der Waals surface area contributed by atoms with Crippen molar-refractivity contribution in [2.24, 2.45) is 0 Å². The fourth-order valence-electron chi connectivity index (χ4n) is 4.04. The van der Waals surface area contributed by atoms with Crippen LogP contribution in [0.5, 0.6) is 0 Å². The molecule has 0 unspecified atom stereocenters. The lowest BCUT2D eigenvalue weighted by molar-refractivity contribution is 0.191. The van der Waals surface area contributed by atoms with Crippen LogP contribution in [0.4, 0.5) is 5.95 Å². The Kier molecular flexibility index (Phi) is 8.72. The van der Waals surface area contributed by atoms with Crippen molar-refractivity contribution in [3.05, 3.63) is 70.2 Å². The smallest absolute Gasteiger partial charge is 0.275 e. The van der Waals surface area contributed by atoms with Gasteiger partial charge in [0, 0.05) is 44.3 Å². The zero-order chi connectivity index (χ0) is 28.3. The molecule has 5 rings (SSSR count). The molecule has 0 fully saturated rings. The fraction of sp³-hybridized carbons (Fsp3) is 0.269. The molecule has 1 N–H and O–H groups in total. The van der Waals surface area contributed by atoms with Gasteiger partial charge in [0.2, 0.25) is 5.95 Å². The molecular formula is C26H28ClN5O5S2. The van der Waals surface area contributed by atoms with Gasteiger partial charge in [-0.25, -0.2) is 9.97 Å². The van der Waals surface area contributed by atoms with Gasteiger partial charge in [-0.1, -0.05) is 23.7 Å². The van der Waals surface area contributed by atoms with Crippen molar-refractivity contribution < 1.29 is 17.7 Å². The summed E-state index contributed by atoms with van der Waals surface area (Å²) in [6.07, 6.45) is 3.19. The molecule has 5 aromatic rings. The normalized spacial score (nSPS) is 11.5. The van der Waals surface area contributed by atoms with Crippen molar-refractivity contribution in [2.75, 3.05) is 39.0 Å². The lowest BCUT2D eigenvalue weighted by atomic mass is 10.2. The summed E-state index contributed by atoms with van der Waals surface area (Å²) < 4.78 is 35.5. The maximum Gasteiger partial charge on any atom is 0.275 e. The molecule has 3 heterocycles. The van der Waals surface area contributed by atoms with Gasteiger partial charge >= 0.3 is 0 Å². The minimum absolute atomic E-state index is 0.0954. The average molecular weight is 590 g/mol. The summed E-state index contributed by atoms with van der Waals surface area (Å²) in [5.41, 5.74) is 4.19. The van der Waals surface area contributed by atoms with Crippen molar-refractivity contribution in [3.63, 3.8) is 0 Å². The van der Waals surface area contributed by atoms with Crippen LogP contribution in [0.1, 0.15) is 6.42 Å². The lowest BCUT2D eigenvalue weighted by Crippen LogP contribution is -2.17. The second-order valence-electron chi connectivity index (χ2n) is 8.96. The Morgan fingerprint density at radius 1 is 1.10 bits per heavy atom. The van der Waals surface area contributed by atoms with Crippen molar-refractivity contribution in [1.29, 1.82) is 0 Å². The van der Waals surface area contributed by atoms with Crippen molar-refractivity contribution in [2.45, 2.75) is 13.0 Å². The number of halogens is 1. The number of ether oxygens (including phenoxy) is 1. The Morgan fingerprint density at radius 2 is 1.79 bits per heavy atom. The summed E-state index contributed by atoms with van der Waals surface area (Å²) in [5, 5.41) is 0.680. The van der Waals surface area contributed by atoms with Gasteiger partial charge in [-0.3, -0.25) is 13.9 Å². The molecular weight excluding hydrogens is 562 g/mol. The first-order valence-electron chi connectivity index (χ1n) is 11.8. The van der Waals surface area contributed by atoms with E-state index in [1.165, 1.54) is 11.3 Å². The van der Waals surface area contributed by atoms with E-state index in [1.807, 2.05) is 67.5 Å². The van der Waals surface area contributed by atoms with Crippen molar-refractivity contribution >= 4 is 60.3 Å². The zero-order valence-corrected chi connectivity index (χ0v) is 24.2. The van der Waals surface area contributed by atoms with Gasteiger partial charge in [-0.05, 0) is 48.4 Å². The number of thiophene rings is 1. The standard InChI is InChI=1S/C25H24ClN5O2S.CH4O3S/c1-29(2)25-28-19-13-18(9-10-21(19)30(25)11-4-12-33-3)31-15-27-20-14-22(34-23(20)24(31)32)16-5-7-17(26)8-6-16;1-5(2,3)4/h5-10,13-15H,4,11-12H2,1-3H3;1H3,(H,2,3,4). The number of aromatic nitrogens is 4. The summed E-state index contributed by atoms with van der Waals surface area (Å²) in [5.74, 6) is 0.870. The Balaban J connectivity index is 0.000000648. The second kappa shape index (κ2) is 11.8. The molecule has 0 amide bonds. The highest BCUT2D eigenvalue weighted by molar-refractivity contribution is 7.85. The topological polar surface area (TPSA) is 120 Å². The monoisotopic (exact) mass is 589 g/mol. The van der Waals surface area contributed by atoms with Crippen LogP contribution in [0.25, 0.3) is 37.4 Å². The minimum Gasteiger partial charge on any atom is -0.385 e. The Labute approximate surface area is 234 Å². The molecule has 0 radical (unpaired) electrons. The highest BCUT2D eigenvalue weighted by Crippen LogP contribution is 2.32. The molecule has 0 atom stereocenters. The van der Waals surface area contributed by atoms with E-state index in [0.29, 0.717) is 28.1 Å². The first kappa shape index (κ1) is 28.7. The molecule has 0 bridgehead atoms. The van der Waals surface area contributed by atoms with Crippen molar-refractivity contribution in [1.82, 2.24) is 19.1 Å². The number of aryl methyl sites for hydroxylation is 1. The predicted molar refractivity (Wildman–Crippen MR) is 157 cm³/mol. The summed E-state index contributed by atoms with van der Waals surface area (Å²) in [4.78, 5) is 25.7. The Hall–Kier alpha value is -3.29. The van der Waals surface area contributed by atoms with Crippen LogP contribution in [0, 0.1) is 0 Å². The summed E-state index contributed by atoms with van der Waals surface area (Å²) >= 11 is 7.46. The fourth-order valence-corrected chi connectivity index (χ4v) is 5.21. The summed E-state index contributed by atoms with van der Waals surface area (Å²) in [7, 11) is 2.00. The van der Waals surface area contributed by atoms with Gasteiger partial charge in [0.1, 0.15) is 11.0 Å². The number of methoxy groups -OCH3 is 1. The summed E-state index contributed by atoms with van der Waals surface area (Å²) in [6, 6.07) is 15.4. The molecule has 39 heavy (non-hydrogen) atoms. The zero-order valence-electron chi connectivity index (χ0n) is 21.8. The van der Waals surface area contributed by atoms with Gasteiger partial charge in [0.05, 0.1) is 28.5 Å². The highest BCUT2D eigenvalue weighted by atomic mass is 35.5. The van der Waals surface area contributed by atoms with Gasteiger partial charge in [-0.2, -0.15) is 8.42 Å². The molecule has 206 valence electrons. The van der Waals surface area contributed by atoms with Crippen LogP contribution in [-0.4, -0.2) is 66.1 Å². The maximum atomic E-state index is 13.4. The molecule has 10 nitrogen and oxygen atoms in total. The number of benzene rings is 2. The summed E-state index contributed by atoms with van der Waals surface area (Å²) in [6.45, 7) is 1.48. The largest absolute Gasteiger partial charge is 0.385 e. The Bertz CT molecular complexity index is 1770. The second-order valence-corrected chi connectivity index (χ2v) is 11.9. The van der Waals surface area contributed by atoms with E-state index in [1.54, 1.807) is 18.0 Å². The third-order valence-electron chi connectivity index (χ3n) is 5.69. The quantitative estimate of drug-likeness (QED) is 0.214. The minimum atomic E-state index is -3.67. The number of fused-ring (bicyclic) bond motifs is 2. The lowest BCUT2D eigenvalue weighted by Gasteiger charge is -2.14. The van der Waals surface area contributed by atoms with Gasteiger partial charge in [0.25, 0.3) is 15.7 Å². The van der Waals surface area contributed by atoms with E-state index in [-0.39, 0.29) is 5.56 Å². The first-order chi connectivity index (χ1) is 18.5. The highest BCUT2D eigenvalue weighted by Gasteiger charge is 2.15.